The molecule has 0 amide bonds. The number of thioether (sulfide) groups is 1. The van der Waals surface area contributed by atoms with Crippen LogP contribution in [-0.4, -0.2) is 27.2 Å². The molecular weight excluding hydrogens is 182 g/mol. The zero-order chi connectivity index (χ0) is 9.10. The van der Waals surface area contributed by atoms with Crippen LogP contribution in [0.4, 0.5) is 0 Å². The van der Waals surface area contributed by atoms with E-state index in [2.05, 4.69) is 4.98 Å². The summed E-state index contributed by atoms with van der Waals surface area (Å²) >= 11 is 1.87. The average molecular weight is 195 g/mol. The van der Waals surface area contributed by atoms with Crippen LogP contribution < -0.4 is 0 Å². The molecular formula is C10H13NOS. The molecule has 0 saturated carbocycles. The molecule has 1 aromatic rings. The Kier molecular flexibility index (Phi) is 2.86. The van der Waals surface area contributed by atoms with Gasteiger partial charge in [-0.1, -0.05) is 0 Å². The Hall–Kier alpha value is -0.540. The Morgan fingerprint density at radius 2 is 2.23 bits per heavy atom. The molecule has 1 aliphatic rings. The molecule has 2 nitrogen and oxygen atoms in total. The molecule has 1 N–H and O–H groups in total. The summed E-state index contributed by atoms with van der Waals surface area (Å²) in [6.45, 7) is 0. The second kappa shape index (κ2) is 4.11. The van der Waals surface area contributed by atoms with Crippen molar-refractivity contribution in [2.45, 2.75) is 24.2 Å². The van der Waals surface area contributed by atoms with Crippen molar-refractivity contribution in [2.24, 2.45) is 0 Å². The summed E-state index contributed by atoms with van der Waals surface area (Å²) in [5.74, 6) is 0.899. The van der Waals surface area contributed by atoms with E-state index in [0.717, 1.165) is 18.6 Å². The Balaban J connectivity index is 1.92. The molecule has 2 rings (SSSR count). The Labute approximate surface area is 82.4 Å². The number of pyridine rings is 1. The number of aliphatic hydroxyl groups excluding tert-OH is 1. The lowest BCUT2D eigenvalue weighted by molar-refractivity contribution is 0.196. The monoisotopic (exact) mass is 195 g/mol. The van der Waals surface area contributed by atoms with Gasteiger partial charge in [0, 0.05) is 23.4 Å². The molecule has 2 heterocycles. The molecule has 1 aromatic heterocycles. The minimum absolute atomic E-state index is 0.0863. The minimum Gasteiger partial charge on any atom is -0.392 e. The third-order valence-corrected chi connectivity index (χ3v) is 3.68. The molecule has 13 heavy (non-hydrogen) atoms. The van der Waals surface area contributed by atoms with Gasteiger partial charge in [0.1, 0.15) is 0 Å². The van der Waals surface area contributed by atoms with Crippen LogP contribution in [0, 0.1) is 0 Å². The van der Waals surface area contributed by atoms with Crippen molar-refractivity contribution in [1.82, 2.24) is 4.98 Å². The van der Waals surface area contributed by atoms with Crippen molar-refractivity contribution >= 4 is 11.8 Å². The van der Waals surface area contributed by atoms with Crippen LogP contribution in [0.25, 0.3) is 0 Å². The van der Waals surface area contributed by atoms with E-state index in [1.807, 2.05) is 36.3 Å². The lowest BCUT2D eigenvalue weighted by Crippen LogP contribution is -2.07. The molecule has 70 valence electrons. The summed E-state index contributed by atoms with van der Waals surface area (Å²) in [4.78, 5) is 3.98. The first-order chi connectivity index (χ1) is 6.34. The van der Waals surface area contributed by atoms with E-state index in [4.69, 9.17) is 0 Å². The van der Waals surface area contributed by atoms with Crippen molar-refractivity contribution in [1.29, 1.82) is 0 Å². The quantitative estimate of drug-likeness (QED) is 0.776. The number of hydrogen-bond donors (Lipinski definition) is 1. The summed E-state index contributed by atoms with van der Waals surface area (Å²) in [5.41, 5.74) is 1.32. The topological polar surface area (TPSA) is 33.1 Å². The van der Waals surface area contributed by atoms with E-state index < -0.39 is 0 Å². The van der Waals surface area contributed by atoms with Crippen molar-refractivity contribution in [2.75, 3.05) is 5.75 Å². The molecule has 2 unspecified atom stereocenters. The molecule has 0 aromatic carbocycles. The first-order valence-corrected chi connectivity index (χ1v) is 5.58. The van der Waals surface area contributed by atoms with Crippen LogP contribution >= 0.6 is 11.8 Å². The third-order valence-electron chi connectivity index (χ3n) is 2.27. The van der Waals surface area contributed by atoms with Gasteiger partial charge in [-0.15, -0.1) is 0 Å². The van der Waals surface area contributed by atoms with Gasteiger partial charge in [-0.05, 0) is 30.5 Å². The molecule has 1 saturated heterocycles. The number of rotatable bonds is 2. The highest BCUT2D eigenvalue weighted by Crippen LogP contribution is 2.29. The Morgan fingerprint density at radius 1 is 1.46 bits per heavy atom. The molecule has 0 radical (unpaired) electrons. The SMILES string of the molecule is OC1CSC(Cc2ccncc2)C1. The maximum atomic E-state index is 9.34. The number of hydrogen-bond acceptors (Lipinski definition) is 3. The first kappa shape index (κ1) is 9.03. The highest BCUT2D eigenvalue weighted by molar-refractivity contribution is 8.00. The van der Waals surface area contributed by atoms with Gasteiger partial charge >= 0.3 is 0 Å². The zero-order valence-corrected chi connectivity index (χ0v) is 8.20. The van der Waals surface area contributed by atoms with Crippen LogP contribution in [0.2, 0.25) is 0 Å². The molecule has 2 atom stereocenters. The second-order valence-corrected chi connectivity index (χ2v) is 4.74. The highest BCUT2D eigenvalue weighted by Gasteiger charge is 2.23. The van der Waals surface area contributed by atoms with Crippen molar-refractivity contribution < 1.29 is 5.11 Å². The lowest BCUT2D eigenvalue weighted by Gasteiger charge is -2.07. The molecule has 0 bridgehead atoms. The van der Waals surface area contributed by atoms with Gasteiger partial charge in [0.2, 0.25) is 0 Å². The second-order valence-electron chi connectivity index (χ2n) is 3.40. The fraction of sp³-hybridized carbons (Fsp3) is 0.500. The summed E-state index contributed by atoms with van der Waals surface area (Å²) in [6, 6.07) is 4.09. The van der Waals surface area contributed by atoms with Crippen molar-refractivity contribution in [3.8, 4) is 0 Å². The molecule has 0 spiro atoms. The third kappa shape index (κ3) is 2.45. The van der Waals surface area contributed by atoms with Crippen molar-refractivity contribution in [3.05, 3.63) is 30.1 Å². The van der Waals surface area contributed by atoms with E-state index in [9.17, 15) is 5.11 Å². The van der Waals surface area contributed by atoms with Crippen LogP contribution in [0.15, 0.2) is 24.5 Å². The fourth-order valence-electron chi connectivity index (χ4n) is 1.61. The minimum atomic E-state index is -0.0863. The summed E-state index contributed by atoms with van der Waals surface area (Å²) in [7, 11) is 0. The highest BCUT2D eigenvalue weighted by atomic mass is 32.2. The summed E-state index contributed by atoms with van der Waals surface area (Å²) < 4.78 is 0. The average Bonchev–Trinajstić information content (AvgIpc) is 2.53. The van der Waals surface area contributed by atoms with Crippen molar-refractivity contribution in [3.63, 3.8) is 0 Å². The Morgan fingerprint density at radius 3 is 2.85 bits per heavy atom. The van der Waals surface area contributed by atoms with Crippen LogP contribution in [0.5, 0.6) is 0 Å². The fourth-order valence-corrected chi connectivity index (χ4v) is 2.91. The van der Waals surface area contributed by atoms with Crippen LogP contribution in [0.3, 0.4) is 0 Å². The smallest absolute Gasteiger partial charge is 0.0641 e. The van der Waals surface area contributed by atoms with E-state index >= 15 is 0 Å². The zero-order valence-electron chi connectivity index (χ0n) is 7.39. The van der Waals surface area contributed by atoms with Crippen LogP contribution in [0.1, 0.15) is 12.0 Å². The van der Waals surface area contributed by atoms with E-state index in [-0.39, 0.29) is 6.10 Å². The van der Waals surface area contributed by atoms with Gasteiger partial charge in [-0.2, -0.15) is 11.8 Å². The number of aliphatic hydroxyl groups is 1. The molecule has 1 aliphatic heterocycles. The maximum Gasteiger partial charge on any atom is 0.0641 e. The maximum absolute atomic E-state index is 9.34. The Bertz CT molecular complexity index is 265. The van der Waals surface area contributed by atoms with Gasteiger partial charge in [0.25, 0.3) is 0 Å². The van der Waals surface area contributed by atoms with Gasteiger partial charge < -0.3 is 5.11 Å². The first-order valence-electron chi connectivity index (χ1n) is 4.53. The summed E-state index contributed by atoms with van der Waals surface area (Å²) in [6.07, 6.45) is 5.56. The van der Waals surface area contributed by atoms with Gasteiger partial charge in [0.15, 0.2) is 0 Å². The van der Waals surface area contributed by atoms with E-state index in [1.165, 1.54) is 5.56 Å². The molecule has 3 heteroatoms. The number of aromatic nitrogens is 1. The number of nitrogens with zero attached hydrogens (tertiary/aromatic N) is 1. The van der Waals surface area contributed by atoms with E-state index in [0.29, 0.717) is 5.25 Å². The lowest BCUT2D eigenvalue weighted by atomic mass is 10.1. The van der Waals surface area contributed by atoms with Gasteiger partial charge in [0.05, 0.1) is 6.10 Å². The normalized spacial score (nSPS) is 27.8. The molecule has 0 aliphatic carbocycles. The predicted molar refractivity (Wildman–Crippen MR) is 54.8 cm³/mol. The van der Waals surface area contributed by atoms with Gasteiger partial charge in [-0.3, -0.25) is 4.98 Å². The largest absolute Gasteiger partial charge is 0.392 e. The summed E-state index contributed by atoms with van der Waals surface area (Å²) in [5, 5.41) is 9.94. The van der Waals surface area contributed by atoms with E-state index in [1.54, 1.807) is 0 Å². The standard InChI is InChI=1S/C10H13NOS/c12-9-6-10(13-7-9)5-8-1-3-11-4-2-8/h1-4,9-10,12H,5-7H2. The van der Waals surface area contributed by atoms with Crippen LogP contribution in [-0.2, 0) is 6.42 Å². The predicted octanol–water partition coefficient (Wildman–Crippen LogP) is 1.49. The molecule has 1 fully saturated rings. The van der Waals surface area contributed by atoms with Gasteiger partial charge in [-0.25, -0.2) is 0 Å².